The predicted octanol–water partition coefficient (Wildman–Crippen LogP) is 2.35. The minimum absolute atomic E-state index is 0.868. The van der Waals surface area contributed by atoms with E-state index in [2.05, 4.69) is 47.9 Å². The molecule has 6 heteroatoms. The van der Waals surface area contributed by atoms with Crippen LogP contribution in [0.2, 0.25) is 0 Å². The molecule has 20 heavy (non-hydrogen) atoms. The van der Waals surface area contributed by atoms with E-state index in [1.54, 1.807) is 6.33 Å². The third kappa shape index (κ3) is 3.06. The van der Waals surface area contributed by atoms with Crippen LogP contribution in [0, 0.1) is 0 Å². The van der Waals surface area contributed by atoms with Gasteiger partial charge in [0.1, 0.15) is 22.4 Å². The van der Waals surface area contributed by atoms with Gasteiger partial charge < -0.3 is 10.2 Å². The minimum Gasteiger partial charge on any atom is -0.369 e. The molecule has 1 saturated heterocycles. The number of aromatic nitrogens is 2. The Morgan fingerprint density at radius 2 is 2.00 bits per heavy atom. The van der Waals surface area contributed by atoms with E-state index in [0.29, 0.717) is 0 Å². The molecule has 1 aromatic rings. The van der Waals surface area contributed by atoms with Crippen molar-refractivity contribution in [2.24, 2.45) is 0 Å². The van der Waals surface area contributed by atoms with Gasteiger partial charge >= 0.3 is 0 Å². The van der Waals surface area contributed by atoms with Crippen molar-refractivity contribution >= 4 is 27.6 Å². The van der Waals surface area contributed by atoms with Gasteiger partial charge in [-0.25, -0.2) is 9.97 Å². The summed E-state index contributed by atoms with van der Waals surface area (Å²) >= 11 is 3.66. The van der Waals surface area contributed by atoms with Crippen molar-refractivity contribution in [3.8, 4) is 0 Å². The molecule has 0 aromatic carbocycles. The number of nitrogens with one attached hydrogen (secondary N) is 1. The fraction of sp³-hybridized carbons (Fsp3) is 0.714. The largest absolute Gasteiger partial charge is 0.369 e. The number of halogens is 1. The summed E-state index contributed by atoms with van der Waals surface area (Å²) in [6, 6.07) is 0.868. The molecule has 0 atom stereocenters. The zero-order valence-electron chi connectivity index (χ0n) is 12.0. The van der Waals surface area contributed by atoms with Gasteiger partial charge in [-0.2, -0.15) is 0 Å². The molecule has 0 unspecified atom stereocenters. The standard InChI is InChI=1S/C14H22BrN5/c1-2-5-16-13-12(15)14(18-10-17-13)20-8-6-19(7-9-20)11-3-4-11/h10-11H,2-9H2,1H3,(H,16,17,18). The first-order valence-electron chi connectivity index (χ1n) is 7.53. The van der Waals surface area contributed by atoms with Gasteiger partial charge in [-0.05, 0) is 35.2 Å². The van der Waals surface area contributed by atoms with Crippen LogP contribution in [0.3, 0.4) is 0 Å². The Balaban J connectivity index is 1.67. The van der Waals surface area contributed by atoms with Crippen molar-refractivity contribution < 1.29 is 0 Å². The fourth-order valence-corrected chi connectivity index (χ4v) is 3.28. The van der Waals surface area contributed by atoms with E-state index in [1.807, 2.05) is 0 Å². The topological polar surface area (TPSA) is 44.3 Å². The zero-order chi connectivity index (χ0) is 13.9. The Labute approximate surface area is 128 Å². The van der Waals surface area contributed by atoms with Crippen molar-refractivity contribution in [1.82, 2.24) is 14.9 Å². The number of nitrogens with zero attached hydrogens (tertiary/aromatic N) is 4. The summed E-state index contributed by atoms with van der Waals surface area (Å²) in [4.78, 5) is 13.8. The van der Waals surface area contributed by atoms with E-state index in [4.69, 9.17) is 0 Å². The lowest BCUT2D eigenvalue weighted by atomic mass is 10.3. The van der Waals surface area contributed by atoms with Crippen LogP contribution in [0.4, 0.5) is 11.6 Å². The second-order valence-electron chi connectivity index (χ2n) is 5.54. The summed E-state index contributed by atoms with van der Waals surface area (Å²) in [5.41, 5.74) is 0. The average molecular weight is 340 g/mol. The summed E-state index contributed by atoms with van der Waals surface area (Å²) in [6.45, 7) is 7.50. The molecule has 5 nitrogen and oxygen atoms in total. The van der Waals surface area contributed by atoms with Gasteiger partial charge in [0.2, 0.25) is 0 Å². The molecule has 2 aliphatic rings. The first-order valence-corrected chi connectivity index (χ1v) is 8.32. The number of hydrogen-bond acceptors (Lipinski definition) is 5. The molecular weight excluding hydrogens is 318 g/mol. The lowest BCUT2D eigenvalue weighted by Crippen LogP contribution is -2.47. The number of hydrogen-bond donors (Lipinski definition) is 1. The van der Waals surface area contributed by atoms with Crippen molar-refractivity contribution in [2.45, 2.75) is 32.2 Å². The Morgan fingerprint density at radius 3 is 2.65 bits per heavy atom. The van der Waals surface area contributed by atoms with E-state index in [-0.39, 0.29) is 0 Å². The van der Waals surface area contributed by atoms with E-state index in [1.165, 1.54) is 12.8 Å². The molecule has 1 aliphatic heterocycles. The summed E-state index contributed by atoms with van der Waals surface area (Å²) in [7, 11) is 0. The normalized spacial score (nSPS) is 20.2. The van der Waals surface area contributed by atoms with Crippen molar-refractivity contribution in [3.05, 3.63) is 10.8 Å². The van der Waals surface area contributed by atoms with Crippen molar-refractivity contribution in [2.75, 3.05) is 42.9 Å². The van der Waals surface area contributed by atoms with Crippen LogP contribution in [-0.4, -0.2) is 53.6 Å². The summed E-state index contributed by atoms with van der Waals surface area (Å²) in [5, 5.41) is 3.34. The van der Waals surface area contributed by atoms with Crippen molar-refractivity contribution in [1.29, 1.82) is 0 Å². The molecule has 3 rings (SSSR count). The summed E-state index contributed by atoms with van der Waals surface area (Å²) in [5.74, 6) is 1.93. The highest BCUT2D eigenvalue weighted by molar-refractivity contribution is 9.10. The summed E-state index contributed by atoms with van der Waals surface area (Å²) in [6.07, 6.45) is 5.53. The molecule has 0 spiro atoms. The van der Waals surface area contributed by atoms with Crippen LogP contribution in [0.1, 0.15) is 26.2 Å². The molecule has 2 fully saturated rings. The first-order chi connectivity index (χ1) is 9.79. The van der Waals surface area contributed by atoms with E-state index in [0.717, 1.165) is 61.3 Å². The summed E-state index contributed by atoms with van der Waals surface area (Å²) < 4.78 is 0.994. The maximum Gasteiger partial charge on any atom is 0.148 e. The predicted molar refractivity (Wildman–Crippen MR) is 85.3 cm³/mol. The Hall–Kier alpha value is -0.880. The lowest BCUT2D eigenvalue weighted by molar-refractivity contribution is 0.247. The van der Waals surface area contributed by atoms with Gasteiger partial charge in [-0.1, -0.05) is 6.92 Å². The molecule has 0 radical (unpaired) electrons. The molecular formula is C14H22BrN5. The quantitative estimate of drug-likeness (QED) is 0.891. The molecule has 0 bridgehead atoms. The van der Waals surface area contributed by atoms with E-state index >= 15 is 0 Å². The van der Waals surface area contributed by atoms with Gasteiger partial charge in [0.15, 0.2) is 0 Å². The van der Waals surface area contributed by atoms with Crippen LogP contribution in [0.15, 0.2) is 10.8 Å². The second kappa shape index (κ2) is 6.26. The molecule has 2 heterocycles. The monoisotopic (exact) mass is 339 g/mol. The zero-order valence-corrected chi connectivity index (χ0v) is 13.6. The molecule has 1 saturated carbocycles. The fourth-order valence-electron chi connectivity index (χ4n) is 2.69. The highest BCUT2D eigenvalue weighted by Crippen LogP contribution is 2.32. The third-order valence-corrected chi connectivity index (χ3v) is 4.72. The van der Waals surface area contributed by atoms with Crippen LogP contribution < -0.4 is 10.2 Å². The minimum atomic E-state index is 0.868. The SMILES string of the molecule is CCCNc1ncnc(N2CCN(C3CC3)CC2)c1Br. The molecule has 1 aromatic heterocycles. The van der Waals surface area contributed by atoms with Gasteiger partial charge in [0.25, 0.3) is 0 Å². The van der Waals surface area contributed by atoms with E-state index in [9.17, 15) is 0 Å². The Bertz CT molecular complexity index is 455. The molecule has 1 aliphatic carbocycles. The van der Waals surface area contributed by atoms with Crippen LogP contribution in [0.5, 0.6) is 0 Å². The molecule has 110 valence electrons. The van der Waals surface area contributed by atoms with Crippen LogP contribution in [0.25, 0.3) is 0 Å². The third-order valence-electron chi connectivity index (χ3n) is 3.99. The van der Waals surface area contributed by atoms with Gasteiger partial charge in [0, 0.05) is 38.8 Å². The number of piperazine rings is 1. The highest BCUT2D eigenvalue weighted by Gasteiger charge is 2.31. The highest BCUT2D eigenvalue weighted by atomic mass is 79.9. The Morgan fingerprint density at radius 1 is 1.25 bits per heavy atom. The Kier molecular flexibility index (Phi) is 4.41. The average Bonchev–Trinajstić information content (AvgIpc) is 3.31. The molecule has 1 N–H and O–H groups in total. The second-order valence-corrected chi connectivity index (χ2v) is 6.33. The maximum atomic E-state index is 4.47. The number of rotatable bonds is 5. The first kappa shape index (κ1) is 14.1. The van der Waals surface area contributed by atoms with Crippen molar-refractivity contribution in [3.63, 3.8) is 0 Å². The van der Waals surface area contributed by atoms with Crippen LogP contribution in [-0.2, 0) is 0 Å². The van der Waals surface area contributed by atoms with E-state index < -0.39 is 0 Å². The van der Waals surface area contributed by atoms with Gasteiger partial charge in [-0.15, -0.1) is 0 Å². The lowest BCUT2D eigenvalue weighted by Gasteiger charge is -2.36. The maximum absolute atomic E-state index is 4.47. The smallest absolute Gasteiger partial charge is 0.148 e. The van der Waals surface area contributed by atoms with Gasteiger partial charge in [-0.3, -0.25) is 4.90 Å². The van der Waals surface area contributed by atoms with Crippen LogP contribution >= 0.6 is 15.9 Å². The van der Waals surface area contributed by atoms with Gasteiger partial charge in [0.05, 0.1) is 0 Å². The number of anilines is 2. The molecule has 0 amide bonds.